The van der Waals surface area contributed by atoms with Crippen LogP contribution < -0.4 is 5.73 Å². The van der Waals surface area contributed by atoms with Crippen molar-refractivity contribution in [2.24, 2.45) is 17.6 Å². The minimum atomic E-state index is -5.11. The van der Waals surface area contributed by atoms with Gasteiger partial charge < -0.3 is 10.6 Å². The number of rotatable bonds is 3. The number of carbonyl (C=O) groups is 2. The van der Waals surface area contributed by atoms with E-state index < -0.39 is 24.0 Å². The maximum Gasteiger partial charge on any atom is 0.493 e. The van der Waals surface area contributed by atoms with Crippen LogP contribution in [-0.4, -0.2) is 35.7 Å². The number of nitrogens with zero attached hydrogens (tertiary/aromatic N) is 1. The fourth-order valence-electron chi connectivity index (χ4n) is 2.45. The molecule has 0 spiro atoms. The maximum absolute atomic E-state index is 12.2. The largest absolute Gasteiger partial charge is 0.493 e. The zero-order valence-electron chi connectivity index (χ0n) is 10.9. The molecule has 0 aromatic heterocycles. The summed E-state index contributed by atoms with van der Waals surface area (Å²) in [4.78, 5) is 27.2. The number of nitrogens with two attached hydrogens (primary N) is 1. The second-order valence-corrected chi connectivity index (χ2v) is 5.33. The molecule has 1 aliphatic carbocycles. The van der Waals surface area contributed by atoms with Crippen LogP contribution in [0.4, 0.5) is 13.2 Å². The van der Waals surface area contributed by atoms with Crippen LogP contribution in [0.5, 0.6) is 0 Å². The Morgan fingerprint density at radius 3 is 2.50 bits per heavy atom. The van der Waals surface area contributed by atoms with Gasteiger partial charge in [-0.1, -0.05) is 6.42 Å². The van der Waals surface area contributed by atoms with Gasteiger partial charge in [-0.3, -0.25) is 4.79 Å². The Bertz CT molecular complexity index is 396. The first kappa shape index (κ1) is 15.1. The van der Waals surface area contributed by atoms with Crippen LogP contribution in [0, 0.1) is 11.8 Å². The Kier molecular flexibility index (Phi) is 4.22. The number of halogens is 3. The summed E-state index contributed by atoms with van der Waals surface area (Å²) in [6.45, 7) is -0.0193. The van der Waals surface area contributed by atoms with E-state index in [0.29, 0.717) is 24.3 Å². The smallest absolute Gasteiger partial charge is 0.330 e. The molecule has 1 saturated carbocycles. The van der Waals surface area contributed by atoms with E-state index >= 15 is 0 Å². The van der Waals surface area contributed by atoms with E-state index in [4.69, 9.17) is 5.73 Å². The third-order valence-corrected chi connectivity index (χ3v) is 3.74. The molecule has 2 fully saturated rings. The first-order chi connectivity index (χ1) is 9.30. The van der Waals surface area contributed by atoms with Crippen LogP contribution in [-0.2, 0) is 14.4 Å². The van der Waals surface area contributed by atoms with Crippen molar-refractivity contribution in [3.8, 4) is 0 Å². The van der Waals surface area contributed by atoms with Gasteiger partial charge in [0.2, 0.25) is 0 Å². The molecule has 5 nitrogen and oxygen atoms in total. The summed E-state index contributed by atoms with van der Waals surface area (Å²) in [6.07, 6.45) is -1.54. The monoisotopic (exact) mass is 294 g/mol. The number of hydrogen-bond donors (Lipinski definition) is 1. The van der Waals surface area contributed by atoms with Gasteiger partial charge in [0.05, 0.1) is 12.5 Å². The van der Waals surface area contributed by atoms with Crippen LogP contribution >= 0.6 is 0 Å². The lowest BCUT2D eigenvalue weighted by molar-refractivity contribution is -0.237. The van der Waals surface area contributed by atoms with Crippen LogP contribution in [0.2, 0.25) is 0 Å². The minimum absolute atomic E-state index is 0.0193. The second kappa shape index (κ2) is 5.59. The highest BCUT2D eigenvalue weighted by molar-refractivity contribution is 5.82. The van der Waals surface area contributed by atoms with Crippen molar-refractivity contribution in [3.63, 3.8) is 0 Å². The van der Waals surface area contributed by atoms with Crippen molar-refractivity contribution in [2.75, 3.05) is 6.54 Å². The number of hydrogen-bond acceptors (Lipinski definition) is 4. The van der Waals surface area contributed by atoms with Crippen molar-refractivity contribution in [2.45, 2.75) is 44.3 Å². The molecule has 0 radical (unpaired) electrons. The Hall–Kier alpha value is -1.31. The van der Waals surface area contributed by atoms with E-state index in [2.05, 4.69) is 4.84 Å². The molecule has 1 saturated heterocycles. The Morgan fingerprint density at radius 1 is 1.30 bits per heavy atom. The summed E-state index contributed by atoms with van der Waals surface area (Å²) in [5.41, 5.74) is 5.98. The summed E-state index contributed by atoms with van der Waals surface area (Å²) in [7, 11) is 0. The molecule has 1 amide bonds. The van der Waals surface area contributed by atoms with Gasteiger partial charge in [0.25, 0.3) is 5.91 Å². The van der Waals surface area contributed by atoms with Gasteiger partial charge in [-0.25, -0.2) is 4.79 Å². The summed E-state index contributed by atoms with van der Waals surface area (Å²) in [5.74, 6) is -3.29. The average molecular weight is 294 g/mol. The van der Waals surface area contributed by atoms with E-state index in [1.807, 2.05) is 0 Å². The number of hydroxylamine groups is 2. The summed E-state index contributed by atoms with van der Waals surface area (Å²) in [6, 6.07) is -0.368. The van der Waals surface area contributed by atoms with E-state index in [0.717, 1.165) is 12.8 Å². The summed E-state index contributed by atoms with van der Waals surface area (Å²) < 4.78 is 36.6. The fraction of sp³-hybridized carbons (Fsp3) is 0.833. The average Bonchev–Trinajstić information content (AvgIpc) is 3.17. The van der Waals surface area contributed by atoms with Crippen molar-refractivity contribution in [3.05, 3.63) is 0 Å². The molecule has 0 aromatic carbocycles. The Balaban J connectivity index is 2.04. The summed E-state index contributed by atoms with van der Waals surface area (Å²) >= 11 is 0. The quantitative estimate of drug-likeness (QED) is 0.853. The van der Waals surface area contributed by atoms with Gasteiger partial charge in [-0.2, -0.15) is 18.2 Å². The van der Waals surface area contributed by atoms with Crippen LogP contribution in [0.1, 0.15) is 32.1 Å². The third-order valence-electron chi connectivity index (χ3n) is 3.74. The van der Waals surface area contributed by atoms with Gasteiger partial charge in [0.1, 0.15) is 0 Å². The van der Waals surface area contributed by atoms with E-state index in [-0.39, 0.29) is 18.5 Å². The van der Waals surface area contributed by atoms with Crippen LogP contribution in [0.3, 0.4) is 0 Å². The van der Waals surface area contributed by atoms with E-state index in [9.17, 15) is 22.8 Å². The van der Waals surface area contributed by atoms with Crippen LogP contribution in [0.25, 0.3) is 0 Å². The highest BCUT2D eigenvalue weighted by atomic mass is 19.4. The fourth-order valence-corrected chi connectivity index (χ4v) is 2.45. The van der Waals surface area contributed by atoms with Crippen molar-refractivity contribution >= 4 is 11.9 Å². The molecule has 1 heterocycles. The molecule has 2 aliphatic rings. The normalized spacial score (nSPS) is 26.1. The Labute approximate surface area is 114 Å². The molecule has 8 heteroatoms. The first-order valence-corrected chi connectivity index (χ1v) is 6.67. The first-order valence-electron chi connectivity index (χ1n) is 6.67. The molecular weight excluding hydrogens is 277 g/mol. The molecule has 2 atom stereocenters. The van der Waals surface area contributed by atoms with Crippen molar-refractivity contribution < 1.29 is 27.6 Å². The zero-order chi connectivity index (χ0) is 14.9. The predicted octanol–water partition coefficient (Wildman–Crippen LogP) is 1.37. The van der Waals surface area contributed by atoms with E-state index in [1.165, 1.54) is 0 Å². The molecular formula is C12H17F3N2O3. The lowest BCUT2D eigenvalue weighted by atomic mass is 9.91. The molecule has 1 unspecified atom stereocenters. The highest BCUT2D eigenvalue weighted by Gasteiger charge is 2.45. The lowest BCUT2D eigenvalue weighted by Gasteiger charge is -2.26. The molecule has 1 aliphatic heterocycles. The minimum Gasteiger partial charge on any atom is -0.330 e. The number of amides is 1. The maximum atomic E-state index is 12.2. The van der Waals surface area contributed by atoms with Gasteiger partial charge >= 0.3 is 12.1 Å². The molecule has 114 valence electrons. The lowest BCUT2D eigenvalue weighted by Crippen LogP contribution is -2.46. The molecule has 0 aromatic rings. The number of alkyl halides is 3. The van der Waals surface area contributed by atoms with Crippen molar-refractivity contribution in [1.29, 1.82) is 0 Å². The molecule has 2 rings (SSSR count). The topological polar surface area (TPSA) is 72.6 Å². The van der Waals surface area contributed by atoms with Crippen molar-refractivity contribution in [1.82, 2.24) is 5.06 Å². The zero-order valence-corrected chi connectivity index (χ0v) is 10.9. The Morgan fingerprint density at radius 2 is 1.95 bits per heavy atom. The van der Waals surface area contributed by atoms with Gasteiger partial charge in [-0.05, 0) is 31.6 Å². The van der Waals surface area contributed by atoms with Gasteiger partial charge in [0, 0.05) is 6.04 Å². The van der Waals surface area contributed by atoms with Gasteiger partial charge in [-0.15, -0.1) is 0 Å². The predicted molar refractivity (Wildman–Crippen MR) is 61.9 cm³/mol. The third kappa shape index (κ3) is 3.41. The summed E-state index contributed by atoms with van der Waals surface area (Å²) in [5, 5.41) is 0.537. The molecule has 0 bridgehead atoms. The molecule has 20 heavy (non-hydrogen) atoms. The van der Waals surface area contributed by atoms with Gasteiger partial charge in [0.15, 0.2) is 0 Å². The SMILES string of the molecule is NC(C1CC1)[C@H]1CCCCN(OC(=O)C(F)(F)F)C1=O. The molecule has 2 N–H and O–H groups in total. The highest BCUT2D eigenvalue weighted by Crippen LogP contribution is 2.37. The van der Waals surface area contributed by atoms with Crippen LogP contribution in [0.15, 0.2) is 0 Å². The second-order valence-electron chi connectivity index (χ2n) is 5.33. The standard InChI is InChI=1S/C12H17F3N2O3/c13-12(14,15)11(19)20-17-6-2-1-3-8(10(17)18)9(16)7-4-5-7/h7-9H,1-6,16H2/t8-,9?/m1/s1. The number of carbonyl (C=O) groups excluding carboxylic acids is 2. The van der Waals surface area contributed by atoms with E-state index in [1.54, 1.807) is 0 Å².